The van der Waals surface area contributed by atoms with E-state index in [1.54, 1.807) is 6.92 Å². The molecule has 0 saturated carbocycles. The van der Waals surface area contributed by atoms with Crippen molar-refractivity contribution >= 4 is 10.1 Å². The standard InChI is InChI=1S/C17H20O4S/c1-14-8-5-6-11-16(14)21-17(12-7-13-22(18,19)20)15-9-3-2-4-10-15/h2-6,8-11,17H,7,12-13H2,1H3,(H,18,19,20)/t17-/m1/s1/i2D,3D,4D,5D,9D,10D,11D. The van der Waals surface area contributed by atoms with Gasteiger partial charge in [-0.05, 0) is 36.9 Å². The molecule has 0 heterocycles. The monoisotopic (exact) mass is 327 g/mol. The van der Waals surface area contributed by atoms with E-state index >= 15 is 0 Å². The molecule has 0 aliphatic heterocycles. The van der Waals surface area contributed by atoms with Crippen molar-refractivity contribution in [2.75, 3.05) is 5.75 Å². The van der Waals surface area contributed by atoms with Gasteiger partial charge in [0.1, 0.15) is 11.9 Å². The lowest BCUT2D eigenvalue weighted by Crippen LogP contribution is -2.11. The zero-order valence-electron chi connectivity index (χ0n) is 18.9. The van der Waals surface area contributed by atoms with Crippen LogP contribution in [0.1, 0.15) is 39.7 Å². The maximum Gasteiger partial charge on any atom is 0.264 e. The first-order valence-corrected chi connectivity index (χ1v) is 8.21. The molecule has 0 bridgehead atoms. The molecule has 2 aromatic rings. The molecule has 0 spiro atoms. The molecule has 4 nitrogen and oxygen atoms in total. The first-order chi connectivity index (χ1) is 13.3. The molecule has 0 aliphatic carbocycles. The molecule has 22 heavy (non-hydrogen) atoms. The first-order valence-electron chi connectivity index (χ1n) is 10.1. The molecule has 1 atom stereocenters. The van der Waals surface area contributed by atoms with E-state index in [2.05, 4.69) is 0 Å². The molecule has 1 N–H and O–H groups in total. The van der Waals surface area contributed by atoms with Crippen molar-refractivity contribution in [1.82, 2.24) is 0 Å². The fourth-order valence-electron chi connectivity index (χ4n) is 1.86. The van der Waals surface area contributed by atoms with Crippen molar-refractivity contribution in [2.24, 2.45) is 0 Å². The summed E-state index contributed by atoms with van der Waals surface area (Å²) in [5.74, 6) is -0.533. The number of aryl methyl sites for hydroxylation is 1. The van der Waals surface area contributed by atoms with E-state index in [1.807, 2.05) is 0 Å². The van der Waals surface area contributed by atoms with E-state index in [-0.39, 0.29) is 36.2 Å². The van der Waals surface area contributed by atoms with Crippen LogP contribution in [0.15, 0.2) is 54.4 Å². The SMILES string of the molecule is [2H]c1cc([2H])c(O[C@H](CCCS(=O)(=O)O)c2c([2H])c([2H])c([2H])c([2H])c2[2H])c(C)c1. The van der Waals surface area contributed by atoms with Gasteiger partial charge in [-0.15, -0.1) is 0 Å². The van der Waals surface area contributed by atoms with Crippen LogP contribution in [0.2, 0.25) is 0 Å². The van der Waals surface area contributed by atoms with Crippen LogP contribution in [0.3, 0.4) is 0 Å². The Morgan fingerprint density at radius 2 is 1.95 bits per heavy atom. The number of ether oxygens (including phenoxy) is 1. The molecule has 2 aromatic carbocycles. The van der Waals surface area contributed by atoms with E-state index in [4.69, 9.17) is 18.9 Å². The van der Waals surface area contributed by atoms with Gasteiger partial charge in [0.25, 0.3) is 10.1 Å². The van der Waals surface area contributed by atoms with Gasteiger partial charge in [-0.1, -0.05) is 48.4 Å². The summed E-state index contributed by atoms with van der Waals surface area (Å²) in [7, 11) is -4.26. The third-order valence-corrected chi connectivity index (χ3v) is 3.72. The Kier molecular flexibility index (Phi) is 3.15. The summed E-state index contributed by atoms with van der Waals surface area (Å²) >= 11 is 0. The molecule has 0 saturated heterocycles. The fourth-order valence-corrected chi connectivity index (χ4v) is 2.39. The van der Waals surface area contributed by atoms with Gasteiger partial charge in [-0.2, -0.15) is 8.42 Å². The van der Waals surface area contributed by atoms with Crippen LogP contribution < -0.4 is 4.74 Å². The van der Waals surface area contributed by atoms with E-state index in [9.17, 15) is 8.42 Å². The van der Waals surface area contributed by atoms with E-state index in [0.29, 0.717) is 5.56 Å². The van der Waals surface area contributed by atoms with Gasteiger partial charge in [0.15, 0.2) is 0 Å². The quantitative estimate of drug-likeness (QED) is 0.786. The molecule has 0 unspecified atom stereocenters. The summed E-state index contributed by atoms with van der Waals surface area (Å²) in [6.07, 6.45) is -1.35. The number of benzene rings is 2. The van der Waals surface area contributed by atoms with Crippen LogP contribution >= 0.6 is 0 Å². The lowest BCUT2D eigenvalue weighted by atomic mass is 10.0. The van der Waals surface area contributed by atoms with Crippen molar-refractivity contribution in [3.63, 3.8) is 0 Å². The molecule has 0 fully saturated rings. The molecule has 0 aromatic heterocycles. The molecular weight excluding hydrogens is 300 g/mol. The Bertz CT molecular complexity index is 989. The summed E-state index contributed by atoms with van der Waals surface area (Å²) in [4.78, 5) is 0. The van der Waals surface area contributed by atoms with Gasteiger partial charge in [0, 0.05) is 0 Å². The number of hydrogen-bond acceptors (Lipinski definition) is 3. The van der Waals surface area contributed by atoms with Gasteiger partial charge in [0.05, 0.1) is 15.3 Å². The topological polar surface area (TPSA) is 63.6 Å². The van der Waals surface area contributed by atoms with E-state index in [1.165, 1.54) is 12.1 Å². The predicted octanol–water partition coefficient (Wildman–Crippen LogP) is 3.78. The minimum absolute atomic E-state index is 0.0599. The third kappa shape index (κ3) is 5.16. The van der Waals surface area contributed by atoms with Crippen molar-refractivity contribution in [3.05, 3.63) is 65.6 Å². The average molecular weight is 327 g/mol. The van der Waals surface area contributed by atoms with Crippen molar-refractivity contribution in [1.29, 1.82) is 0 Å². The summed E-state index contributed by atoms with van der Waals surface area (Å²) in [6.45, 7) is 1.60. The molecule has 0 radical (unpaired) electrons. The van der Waals surface area contributed by atoms with Gasteiger partial charge in [0.2, 0.25) is 0 Å². The summed E-state index contributed by atoms with van der Waals surface area (Å²) in [5.41, 5.74) is 0.273. The summed E-state index contributed by atoms with van der Waals surface area (Å²) in [6, 6.07) is -0.0285. The van der Waals surface area contributed by atoms with Gasteiger partial charge in [-0.3, -0.25) is 4.55 Å². The highest BCUT2D eigenvalue weighted by molar-refractivity contribution is 7.85. The Morgan fingerprint density at radius 3 is 2.59 bits per heavy atom. The smallest absolute Gasteiger partial charge is 0.264 e. The molecule has 5 heteroatoms. The highest BCUT2D eigenvalue weighted by Gasteiger charge is 2.16. The normalized spacial score (nSPS) is 17.3. The highest BCUT2D eigenvalue weighted by atomic mass is 32.2. The minimum Gasteiger partial charge on any atom is -0.485 e. The van der Waals surface area contributed by atoms with E-state index in [0.717, 1.165) is 0 Å². The second-order valence-corrected chi connectivity index (χ2v) is 6.26. The highest BCUT2D eigenvalue weighted by Crippen LogP contribution is 2.28. The van der Waals surface area contributed by atoms with Crippen LogP contribution in [0.4, 0.5) is 0 Å². The number of rotatable bonds is 7. The Labute approximate surface area is 141 Å². The third-order valence-electron chi connectivity index (χ3n) is 2.91. The van der Waals surface area contributed by atoms with Crippen LogP contribution in [-0.4, -0.2) is 18.7 Å². The lowest BCUT2D eigenvalue weighted by molar-refractivity contribution is 0.192. The average Bonchev–Trinajstić information content (AvgIpc) is 2.59. The van der Waals surface area contributed by atoms with Crippen molar-refractivity contribution in [2.45, 2.75) is 25.9 Å². The molecule has 118 valence electrons. The zero-order chi connectivity index (χ0) is 22.1. The van der Waals surface area contributed by atoms with Gasteiger partial charge >= 0.3 is 0 Å². The number of para-hydroxylation sites is 1. The Morgan fingerprint density at radius 1 is 1.23 bits per heavy atom. The lowest BCUT2D eigenvalue weighted by Gasteiger charge is -2.20. The van der Waals surface area contributed by atoms with Crippen LogP contribution in [0.25, 0.3) is 0 Å². The van der Waals surface area contributed by atoms with E-state index < -0.39 is 52.2 Å². The maximum absolute atomic E-state index is 11.0. The summed E-state index contributed by atoms with van der Waals surface area (Å²) < 4.78 is 92.2. The molecule has 0 amide bonds. The zero-order valence-corrected chi connectivity index (χ0v) is 12.8. The van der Waals surface area contributed by atoms with Gasteiger partial charge < -0.3 is 4.74 Å². The van der Waals surface area contributed by atoms with Crippen molar-refractivity contribution in [3.8, 4) is 5.75 Å². The van der Waals surface area contributed by atoms with Crippen LogP contribution in [0.5, 0.6) is 5.75 Å². The largest absolute Gasteiger partial charge is 0.485 e. The second-order valence-electron chi connectivity index (χ2n) is 4.69. The van der Waals surface area contributed by atoms with Gasteiger partial charge in [-0.25, -0.2) is 0 Å². The second kappa shape index (κ2) is 7.42. The van der Waals surface area contributed by atoms with Crippen LogP contribution in [-0.2, 0) is 10.1 Å². The Hall–Kier alpha value is -1.85. The first kappa shape index (κ1) is 9.33. The molecular formula is C17H20O4S. The molecule has 2 rings (SSSR count). The summed E-state index contributed by atoms with van der Waals surface area (Å²) in [5, 5.41) is 0. The Balaban J connectivity index is 2.55. The molecule has 0 aliphatic rings. The maximum atomic E-state index is 11.0. The predicted molar refractivity (Wildman–Crippen MR) is 86.6 cm³/mol. The minimum atomic E-state index is -4.26. The van der Waals surface area contributed by atoms with Crippen LogP contribution in [0, 0.1) is 6.92 Å². The number of hydrogen-bond donors (Lipinski definition) is 1. The fraction of sp³-hybridized carbons (Fsp3) is 0.294. The van der Waals surface area contributed by atoms with Crippen molar-refractivity contribution < 1.29 is 27.3 Å².